The number of rotatable bonds is 4. The summed E-state index contributed by atoms with van der Waals surface area (Å²) in [4.78, 5) is 0. The molecule has 0 bridgehead atoms. The molecule has 4 heteroatoms. The standard InChI is InChI=1S/C13H18N2OS/c1-2-3-8-14-13(17)15-11-9-16-12-7-5-4-6-10(11)12/h4-7,11H,2-3,8-9H2,1H3,(H2,14,15,17). The first-order chi connectivity index (χ1) is 8.31. The van der Waals surface area contributed by atoms with Gasteiger partial charge in [0.1, 0.15) is 12.4 Å². The molecule has 1 aliphatic heterocycles. The van der Waals surface area contributed by atoms with Crippen molar-refractivity contribution in [3.05, 3.63) is 29.8 Å². The van der Waals surface area contributed by atoms with E-state index in [2.05, 4.69) is 23.6 Å². The van der Waals surface area contributed by atoms with Crippen molar-refractivity contribution in [2.24, 2.45) is 0 Å². The zero-order valence-corrected chi connectivity index (χ0v) is 10.8. The van der Waals surface area contributed by atoms with Crippen LogP contribution in [-0.2, 0) is 0 Å². The van der Waals surface area contributed by atoms with Crippen molar-refractivity contribution in [2.75, 3.05) is 13.2 Å². The van der Waals surface area contributed by atoms with Crippen molar-refractivity contribution in [2.45, 2.75) is 25.8 Å². The van der Waals surface area contributed by atoms with Crippen LogP contribution in [-0.4, -0.2) is 18.3 Å². The molecule has 0 amide bonds. The van der Waals surface area contributed by atoms with Gasteiger partial charge in [-0.2, -0.15) is 0 Å². The number of fused-ring (bicyclic) bond motifs is 1. The van der Waals surface area contributed by atoms with Crippen LogP contribution in [0.25, 0.3) is 0 Å². The maximum Gasteiger partial charge on any atom is 0.166 e. The first kappa shape index (κ1) is 12.2. The summed E-state index contributed by atoms with van der Waals surface area (Å²) in [6, 6.07) is 8.25. The minimum absolute atomic E-state index is 0.174. The Hall–Kier alpha value is -1.29. The molecule has 1 aliphatic rings. The van der Waals surface area contributed by atoms with Crippen LogP contribution >= 0.6 is 12.2 Å². The van der Waals surface area contributed by atoms with Gasteiger partial charge in [-0.15, -0.1) is 0 Å². The van der Waals surface area contributed by atoms with E-state index in [4.69, 9.17) is 17.0 Å². The summed E-state index contributed by atoms with van der Waals surface area (Å²) < 4.78 is 5.59. The van der Waals surface area contributed by atoms with E-state index in [9.17, 15) is 0 Å². The van der Waals surface area contributed by atoms with Crippen LogP contribution in [0.5, 0.6) is 5.75 Å². The second-order valence-corrected chi connectivity index (χ2v) is 4.56. The molecular weight excluding hydrogens is 232 g/mol. The Morgan fingerprint density at radius 1 is 1.47 bits per heavy atom. The molecule has 0 saturated heterocycles. The zero-order valence-electron chi connectivity index (χ0n) is 10.0. The SMILES string of the molecule is CCCCNC(=S)NC1COc2ccccc21. The van der Waals surface area contributed by atoms with Gasteiger partial charge in [0.05, 0.1) is 6.04 Å². The minimum atomic E-state index is 0.174. The Bertz CT molecular complexity index is 395. The third-order valence-corrected chi connectivity index (χ3v) is 3.08. The van der Waals surface area contributed by atoms with Gasteiger partial charge in [0, 0.05) is 12.1 Å². The lowest BCUT2D eigenvalue weighted by Crippen LogP contribution is -2.38. The van der Waals surface area contributed by atoms with Crippen molar-refractivity contribution in [3.63, 3.8) is 0 Å². The predicted octanol–water partition coefficient (Wildman–Crippen LogP) is 2.38. The monoisotopic (exact) mass is 250 g/mol. The van der Waals surface area contributed by atoms with Gasteiger partial charge in [0.2, 0.25) is 0 Å². The molecule has 3 nitrogen and oxygen atoms in total. The van der Waals surface area contributed by atoms with Crippen LogP contribution in [0.15, 0.2) is 24.3 Å². The molecule has 0 fully saturated rings. The smallest absolute Gasteiger partial charge is 0.166 e. The van der Waals surface area contributed by atoms with Crippen LogP contribution in [0, 0.1) is 0 Å². The molecule has 0 saturated carbocycles. The van der Waals surface area contributed by atoms with E-state index in [0.717, 1.165) is 18.7 Å². The Kier molecular flexibility index (Phi) is 4.20. The Balaban J connectivity index is 1.87. The number of ether oxygens (including phenoxy) is 1. The molecule has 0 aliphatic carbocycles. The second-order valence-electron chi connectivity index (χ2n) is 4.16. The number of unbranched alkanes of at least 4 members (excludes halogenated alkanes) is 1. The van der Waals surface area contributed by atoms with E-state index in [0.29, 0.717) is 11.7 Å². The number of hydrogen-bond acceptors (Lipinski definition) is 2. The highest BCUT2D eigenvalue weighted by atomic mass is 32.1. The van der Waals surface area contributed by atoms with E-state index < -0.39 is 0 Å². The Labute approximate surface area is 108 Å². The zero-order chi connectivity index (χ0) is 12.1. The van der Waals surface area contributed by atoms with Gasteiger partial charge >= 0.3 is 0 Å². The molecule has 1 unspecified atom stereocenters. The molecule has 0 aromatic heterocycles. The molecule has 0 spiro atoms. The van der Waals surface area contributed by atoms with Crippen molar-refractivity contribution in [1.29, 1.82) is 0 Å². The summed E-state index contributed by atoms with van der Waals surface area (Å²) in [6.45, 7) is 3.74. The molecule has 17 heavy (non-hydrogen) atoms. The molecule has 1 aromatic rings. The Morgan fingerprint density at radius 3 is 3.12 bits per heavy atom. The highest BCUT2D eigenvalue weighted by molar-refractivity contribution is 7.80. The molecule has 0 radical (unpaired) electrons. The average molecular weight is 250 g/mol. The summed E-state index contributed by atoms with van der Waals surface area (Å²) in [5.74, 6) is 0.960. The lowest BCUT2D eigenvalue weighted by atomic mass is 10.1. The number of para-hydroxylation sites is 1. The normalized spacial score (nSPS) is 17.1. The fraction of sp³-hybridized carbons (Fsp3) is 0.462. The topological polar surface area (TPSA) is 33.3 Å². The number of thiocarbonyl (C=S) groups is 1. The van der Waals surface area contributed by atoms with Crippen LogP contribution in [0.2, 0.25) is 0 Å². The van der Waals surface area contributed by atoms with Crippen LogP contribution in [0.3, 0.4) is 0 Å². The summed E-state index contributed by atoms with van der Waals surface area (Å²) >= 11 is 5.26. The van der Waals surface area contributed by atoms with E-state index in [1.165, 1.54) is 12.0 Å². The summed E-state index contributed by atoms with van der Waals surface area (Å²) in [7, 11) is 0. The molecule has 1 atom stereocenters. The number of hydrogen-bond donors (Lipinski definition) is 2. The largest absolute Gasteiger partial charge is 0.491 e. The van der Waals surface area contributed by atoms with Crippen molar-refractivity contribution < 1.29 is 4.74 Å². The fourth-order valence-corrected chi connectivity index (χ4v) is 2.11. The van der Waals surface area contributed by atoms with E-state index in [1.807, 2.05) is 18.2 Å². The minimum Gasteiger partial charge on any atom is -0.491 e. The summed E-state index contributed by atoms with van der Waals surface area (Å²) in [6.07, 6.45) is 2.31. The van der Waals surface area contributed by atoms with Crippen LogP contribution in [0.4, 0.5) is 0 Å². The molecule has 1 heterocycles. The predicted molar refractivity (Wildman–Crippen MR) is 73.3 cm³/mol. The van der Waals surface area contributed by atoms with Crippen molar-refractivity contribution in [1.82, 2.24) is 10.6 Å². The second kappa shape index (κ2) is 5.87. The highest BCUT2D eigenvalue weighted by Crippen LogP contribution is 2.31. The highest BCUT2D eigenvalue weighted by Gasteiger charge is 2.23. The molecule has 1 aromatic carbocycles. The maximum absolute atomic E-state index is 5.59. The number of nitrogens with one attached hydrogen (secondary N) is 2. The quantitative estimate of drug-likeness (QED) is 0.635. The van der Waals surface area contributed by atoms with E-state index in [-0.39, 0.29) is 6.04 Å². The van der Waals surface area contributed by atoms with Crippen LogP contribution < -0.4 is 15.4 Å². The Morgan fingerprint density at radius 2 is 2.29 bits per heavy atom. The van der Waals surface area contributed by atoms with Crippen LogP contribution in [0.1, 0.15) is 31.4 Å². The molecule has 2 N–H and O–H groups in total. The van der Waals surface area contributed by atoms with E-state index >= 15 is 0 Å². The third kappa shape index (κ3) is 3.09. The van der Waals surface area contributed by atoms with Gasteiger partial charge in [-0.1, -0.05) is 31.5 Å². The van der Waals surface area contributed by atoms with Gasteiger partial charge in [-0.05, 0) is 24.7 Å². The summed E-state index contributed by atoms with van der Waals surface area (Å²) in [5, 5.41) is 7.21. The molecule has 2 rings (SSSR count). The van der Waals surface area contributed by atoms with Gasteiger partial charge in [-0.3, -0.25) is 0 Å². The average Bonchev–Trinajstić information content (AvgIpc) is 2.73. The van der Waals surface area contributed by atoms with E-state index in [1.54, 1.807) is 0 Å². The fourth-order valence-electron chi connectivity index (χ4n) is 1.87. The van der Waals surface area contributed by atoms with Crippen molar-refractivity contribution in [3.8, 4) is 5.75 Å². The van der Waals surface area contributed by atoms with Gasteiger partial charge in [0.25, 0.3) is 0 Å². The molecular formula is C13H18N2OS. The first-order valence-corrected chi connectivity index (χ1v) is 6.48. The lowest BCUT2D eigenvalue weighted by molar-refractivity contribution is 0.324. The van der Waals surface area contributed by atoms with Gasteiger partial charge < -0.3 is 15.4 Å². The lowest BCUT2D eigenvalue weighted by Gasteiger charge is -2.15. The van der Waals surface area contributed by atoms with Gasteiger partial charge in [-0.25, -0.2) is 0 Å². The first-order valence-electron chi connectivity index (χ1n) is 6.07. The molecule has 92 valence electrons. The van der Waals surface area contributed by atoms with Crippen molar-refractivity contribution >= 4 is 17.3 Å². The summed E-state index contributed by atoms with van der Waals surface area (Å²) in [5.41, 5.74) is 1.19. The van der Waals surface area contributed by atoms with Gasteiger partial charge in [0.15, 0.2) is 5.11 Å². The number of benzene rings is 1. The maximum atomic E-state index is 5.59. The third-order valence-electron chi connectivity index (χ3n) is 2.82.